The van der Waals surface area contributed by atoms with Gasteiger partial charge >= 0.3 is 0 Å². The molecule has 2 N–H and O–H groups in total. The maximum absolute atomic E-state index is 10.0. The number of rotatable bonds is 4. The van der Waals surface area contributed by atoms with Crippen molar-refractivity contribution in [2.24, 2.45) is 0 Å². The first kappa shape index (κ1) is 12.7. The summed E-state index contributed by atoms with van der Waals surface area (Å²) in [7, 11) is 0. The standard InChI is InChI=1S/C16H19NO/c1-12-8-9-15(10-13(12)2)17-11-16(18)14-6-4-3-5-7-14/h3-10,16-18H,11H2,1-2H3. The highest BCUT2D eigenvalue weighted by Gasteiger charge is 2.06. The fourth-order valence-electron chi connectivity index (χ4n) is 1.86. The van der Waals surface area contributed by atoms with Crippen molar-refractivity contribution in [3.05, 3.63) is 65.2 Å². The third-order valence-electron chi connectivity index (χ3n) is 3.19. The molecule has 0 fully saturated rings. The minimum absolute atomic E-state index is 0.479. The van der Waals surface area contributed by atoms with Gasteiger partial charge in [0.25, 0.3) is 0 Å². The normalized spacial score (nSPS) is 12.2. The molecule has 0 saturated carbocycles. The van der Waals surface area contributed by atoms with Crippen LogP contribution in [-0.2, 0) is 0 Å². The van der Waals surface area contributed by atoms with Crippen molar-refractivity contribution in [3.63, 3.8) is 0 Å². The van der Waals surface area contributed by atoms with E-state index in [1.807, 2.05) is 36.4 Å². The molecule has 0 aliphatic carbocycles. The van der Waals surface area contributed by atoms with Crippen molar-refractivity contribution in [1.29, 1.82) is 0 Å². The summed E-state index contributed by atoms with van der Waals surface area (Å²) in [4.78, 5) is 0. The Kier molecular flexibility index (Phi) is 4.00. The first-order chi connectivity index (χ1) is 8.66. The number of nitrogens with one attached hydrogen (secondary N) is 1. The van der Waals surface area contributed by atoms with Crippen molar-refractivity contribution in [2.75, 3.05) is 11.9 Å². The second-order valence-corrected chi connectivity index (χ2v) is 4.61. The Balaban J connectivity index is 1.97. The number of aliphatic hydroxyl groups is 1. The predicted molar refractivity (Wildman–Crippen MR) is 75.8 cm³/mol. The molecule has 2 nitrogen and oxygen atoms in total. The average Bonchev–Trinajstić information content (AvgIpc) is 2.41. The summed E-state index contributed by atoms with van der Waals surface area (Å²) < 4.78 is 0. The molecule has 2 aromatic rings. The maximum atomic E-state index is 10.0. The second kappa shape index (κ2) is 5.69. The zero-order valence-corrected chi connectivity index (χ0v) is 10.9. The Morgan fingerprint density at radius 1 is 1.00 bits per heavy atom. The molecule has 2 rings (SSSR count). The lowest BCUT2D eigenvalue weighted by molar-refractivity contribution is 0.191. The Morgan fingerprint density at radius 3 is 2.39 bits per heavy atom. The summed E-state index contributed by atoms with van der Waals surface area (Å²) in [5.74, 6) is 0. The van der Waals surface area contributed by atoms with Gasteiger partial charge in [-0.05, 0) is 42.7 Å². The average molecular weight is 241 g/mol. The lowest BCUT2D eigenvalue weighted by Crippen LogP contribution is -2.12. The van der Waals surface area contributed by atoms with Gasteiger partial charge in [-0.15, -0.1) is 0 Å². The number of aryl methyl sites for hydroxylation is 2. The number of hydrogen-bond donors (Lipinski definition) is 2. The van der Waals surface area contributed by atoms with E-state index >= 15 is 0 Å². The Morgan fingerprint density at radius 2 is 1.72 bits per heavy atom. The third-order valence-corrected chi connectivity index (χ3v) is 3.19. The summed E-state index contributed by atoms with van der Waals surface area (Å²) in [6.07, 6.45) is -0.479. The van der Waals surface area contributed by atoms with Crippen LogP contribution in [0.1, 0.15) is 22.8 Å². The molecule has 0 heterocycles. The topological polar surface area (TPSA) is 32.3 Å². The lowest BCUT2D eigenvalue weighted by Gasteiger charge is -2.14. The molecule has 2 heteroatoms. The molecule has 0 radical (unpaired) electrons. The summed E-state index contributed by atoms with van der Waals surface area (Å²) in [5.41, 5.74) is 4.53. The number of anilines is 1. The molecule has 18 heavy (non-hydrogen) atoms. The van der Waals surface area contributed by atoms with Crippen LogP contribution < -0.4 is 5.32 Å². The molecule has 0 aliphatic heterocycles. The summed E-state index contributed by atoms with van der Waals surface area (Å²) in [6.45, 7) is 4.71. The van der Waals surface area contributed by atoms with Crippen LogP contribution in [0.3, 0.4) is 0 Å². The minimum atomic E-state index is -0.479. The molecular weight excluding hydrogens is 222 g/mol. The van der Waals surface area contributed by atoms with E-state index in [0.717, 1.165) is 11.3 Å². The van der Waals surface area contributed by atoms with Crippen LogP contribution in [-0.4, -0.2) is 11.7 Å². The zero-order chi connectivity index (χ0) is 13.0. The van der Waals surface area contributed by atoms with Crippen LogP contribution in [0.5, 0.6) is 0 Å². The van der Waals surface area contributed by atoms with Gasteiger partial charge in [0, 0.05) is 12.2 Å². The molecule has 94 valence electrons. The monoisotopic (exact) mass is 241 g/mol. The molecular formula is C16H19NO. The van der Waals surface area contributed by atoms with Gasteiger partial charge in [-0.25, -0.2) is 0 Å². The highest BCUT2D eigenvalue weighted by atomic mass is 16.3. The quantitative estimate of drug-likeness (QED) is 0.859. The summed E-state index contributed by atoms with van der Waals surface area (Å²) >= 11 is 0. The molecule has 0 aromatic heterocycles. The molecule has 0 saturated heterocycles. The van der Waals surface area contributed by atoms with Crippen molar-refractivity contribution in [2.45, 2.75) is 20.0 Å². The fourth-order valence-corrected chi connectivity index (χ4v) is 1.86. The SMILES string of the molecule is Cc1ccc(NCC(O)c2ccccc2)cc1C. The highest BCUT2D eigenvalue weighted by molar-refractivity contribution is 5.48. The Bertz CT molecular complexity index is 508. The molecule has 0 amide bonds. The van der Waals surface area contributed by atoms with Crippen molar-refractivity contribution >= 4 is 5.69 Å². The highest BCUT2D eigenvalue weighted by Crippen LogP contribution is 2.17. The van der Waals surface area contributed by atoms with E-state index in [0.29, 0.717) is 6.54 Å². The van der Waals surface area contributed by atoms with Gasteiger partial charge in [0.2, 0.25) is 0 Å². The lowest BCUT2D eigenvalue weighted by atomic mass is 10.1. The largest absolute Gasteiger partial charge is 0.387 e. The van der Waals surface area contributed by atoms with Gasteiger partial charge in [-0.1, -0.05) is 36.4 Å². The van der Waals surface area contributed by atoms with E-state index in [2.05, 4.69) is 31.3 Å². The molecule has 0 aliphatic rings. The van der Waals surface area contributed by atoms with Gasteiger partial charge < -0.3 is 10.4 Å². The molecule has 1 unspecified atom stereocenters. The molecule has 2 aromatic carbocycles. The number of benzene rings is 2. The smallest absolute Gasteiger partial charge is 0.0962 e. The Hall–Kier alpha value is -1.80. The van der Waals surface area contributed by atoms with E-state index in [9.17, 15) is 5.11 Å². The van der Waals surface area contributed by atoms with E-state index in [1.54, 1.807) is 0 Å². The third kappa shape index (κ3) is 3.11. The van der Waals surface area contributed by atoms with E-state index in [-0.39, 0.29) is 0 Å². The number of aliphatic hydroxyl groups excluding tert-OH is 1. The van der Waals surface area contributed by atoms with E-state index in [1.165, 1.54) is 11.1 Å². The second-order valence-electron chi connectivity index (χ2n) is 4.61. The summed E-state index contributed by atoms with van der Waals surface area (Å²) in [6, 6.07) is 15.9. The first-order valence-electron chi connectivity index (χ1n) is 6.21. The van der Waals surface area contributed by atoms with Crippen molar-refractivity contribution in [3.8, 4) is 0 Å². The van der Waals surface area contributed by atoms with Crippen LogP contribution in [0, 0.1) is 13.8 Å². The van der Waals surface area contributed by atoms with Gasteiger partial charge in [0.15, 0.2) is 0 Å². The van der Waals surface area contributed by atoms with Crippen molar-refractivity contribution < 1.29 is 5.11 Å². The zero-order valence-electron chi connectivity index (χ0n) is 10.9. The summed E-state index contributed by atoms with van der Waals surface area (Å²) in [5, 5.41) is 13.3. The first-order valence-corrected chi connectivity index (χ1v) is 6.21. The fraction of sp³-hybridized carbons (Fsp3) is 0.250. The van der Waals surface area contributed by atoms with E-state index < -0.39 is 6.10 Å². The van der Waals surface area contributed by atoms with Gasteiger partial charge in [-0.3, -0.25) is 0 Å². The minimum Gasteiger partial charge on any atom is -0.387 e. The molecule has 0 bridgehead atoms. The van der Waals surface area contributed by atoms with Crippen LogP contribution in [0.2, 0.25) is 0 Å². The molecule has 1 atom stereocenters. The number of hydrogen-bond acceptors (Lipinski definition) is 2. The van der Waals surface area contributed by atoms with Crippen molar-refractivity contribution in [1.82, 2.24) is 0 Å². The van der Waals surface area contributed by atoms with Gasteiger partial charge in [0.1, 0.15) is 0 Å². The van der Waals surface area contributed by atoms with Gasteiger partial charge in [0.05, 0.1) is 6.10 Å². The maximum Gasteiger partial charge on any atom is 0.0962 e. The van der Waals surface area contributed by atoms with E-state index in [4.69, 9.17) is 0 Å². The van der Waals surface area contributed by atoms with Gasteiger partial charge in [-0.2, -0.15) is 0 Å². The van der Waals surface area contributed by atoms with Crippen LogP contribution in [0.25, 0.3) is 0 Å². The van der Waals surface area contributed by atoms with Crippen LogP contribution in [0.4, 0.5) is 5.69 Å². The Labute approximate surface area is 108 Å². The molecule has 0 spiro atoms. The van der Waals surface area contributed by atoms with Crippen LogP contribution in [0.15, 0.2) is 48.5 Å². The predicted octanol–water partition coefficient (Wildman–Crippen LogP) is 3.45. The van der Waals surface area contributed by atoms with Crippen LogP contribution >= 0.6 is 0 Å².